The van der Waals surface area contributed by atoms with E-state index in [0.717, 1.165) is 16.7 Å². The summed E-state index contributed by atoms with van der Waals surface area (Å²) in [5, 5.41) is 12.5. The average Bonchev–Trinajstić information content (AvgIpc) is 2.71. The van der Waals surface area contributed by atoms with Crippen LogP contribution in [0.1, 0.15) is 5.56 Å². The Morgan fingerprint density at radius 1 is 1.19 bits per heavy atom. The standard InChI is InChI=1S/C11H8Cl2N2O/c12-10-3-1-2-8(11(10)13)9-6-14-4-7(9)5-15-16/h1-6,14,16H. The molecule has 5 heteroatoms. The van der Waals surface area contributed by atoms with Crippen LogP contribution < -0.4 is 0 Å². The first-order valence-electron chi connectivity index (χ1n) is 4.52. The molecule has 1 heterocycles. The van der Waals surface area contributed by atoms with Crippen LogP contribution >= 0.6 is 23.2 Å². The van der Waals surface area contributed by atoms with E-state index < -0.39 is 0 Å². The molecule has 1 aromatic carbocycles. The van der Waals surface area contributed by atoms with Crippen LogP contribution in [-0.4, -0.2) is 16.4 Å². The van der Waals surface area contributed by atoms with E-state index in [2.05, 4.69) is 10.1 Å². The zero-order chi connectivity index (χ0) is 11.5. The largest absolute Gasteiger partial charge is 0.411 e. The van der Waals surface area contributed by atoms with Crippen molar-refractivity contribution in [3.05, 3.63) is 46.2 Å². The lowest BCUT2D eigenvalue weighted by molar-refractivity contribution is 0.322. The molecule has 16 heavy (non-hydrogen) atoms. The second kappa shape index (κ2) is 4.60. The van der Waals surface area contributed by atoms with Crippen LogP contribution in [0.2, 0.25) is 10.0 Å². The predicted molar refractivity (Wildman–Crippen MR) is 65.6 cm³/mol. The van der Waals surface area contributed by atoms with Crippen molar-refractivity contribution < 1.29 is 5.21 Å². The number of hydrogen-bond acceptors (Lipinski definition) is 2. The summed E-state index contributed by atoms with van der Waals surface area (Å²) < 4.78 is 0. The SMILES string of the molecule is ON=Cc1c[nH]cc1-c1cccc(Cl)c1Cl. The molecule has 0 amide bonds. The zero-order valence-corrected chi connectivity index (χ0v) is 9.63. The van der Waals surface area contributed by atoms with Crippen LogP contribution in [0.4, 0.5) is 0 Å². The van der Waals surface area contributed by atoms with E-state index in [-0.39, 0.29) is 0 Å². The number of benzene rings is 1. The maximum atomic E-state index is 8.53. The second-order valence-electron chi connectivity index (χ2n) is 3.17. The summed E-state index contributed by atoms with van der Waals surface area (Å²) >= 11 is 12.0. The van der Waals surface area contributed by atoms with Gasteiger partial charge in [-0.05, 0) is 6.07 Å². The maximum Gasteiger partial charge on any atom is 0.0755 e. The van der Waals surface area contributed by atoms with E-state index >= 15 is 0 Å². The Balaban J connectivity index is 2.59. The van der Waals surface area contributed by atoms with Crippen molar-refractivity contribution in [2.24, 2.45) is 5.16 Å². The first-order chi connectivity index (χ1) is 7.74. The Morgan fingerprint density at radius 3 is 2.75 bits per heavy atom. The average molecular weight is 255 g/mol. The van der Waals surface area contributed by atoms with Gasteiger partial charge in [-0.25, -0.2) is 0 Å². The lowest BCUT2D eigenvalue weighted by atomic mass is 10.1. The molecule has 2 aromatic rings. The topological polar surface area (TPSA) is 48.4 Å². The Kier molecular flexibility index (Phi) is 3.17. The Morgan fingerprint density at radius 2 is 2.00 bits per heavy atom. The highest BCUT2D eigenvalue weighted by molar-refractivity contribution is 6.43. The normalized spacial score (nSPS) is 11.1. The van der Waals surface area contributed by atoms with Crippen molar-refractivity contribution in [1.29, 1.82) is 0 Å². The van der Waals surface area contributed by atoms with Gasteiger partial charge in [0.25, 0.3) is 0 Å². The highest BCUT2D eigenvalue weighted by Crippen LogP contribution is 2.34. The van der Waals surface area contributed by atoms with Crippen LogP contribution in [0.5, 0.6) is 0 Å². The number of hydrogen-bond donors (Lipinski definition) is 2. The second-order valence-corrected chi connectivity index (χ2v) is 3.96. The number of aromatic amines is 1. The van der Waals surface area contributed by atoms with Gasteiger partial charge in [-0.3, -0.25) is 0 Å². The zero-order valence-electron chi connectivity index (χ0n) is 8.11. The lowest BCUT2D eigenvalue weighted by Gasteiger charge is -2.04. The van der Waals surface area contributed by atoms with Crippen molar-refractivity contribution >= 4 is 29.4 Å². The van der Waals surface area contributed by atoms with Crippen LogP contribution in [0.15, 0.2) is 35.7 Å². The van der Waals surface area contributed by atoms with Gasteiger partial charge in [0.1, 0.15) is 0 Å². The third-order valence-electron chi connectivity index (χ3n) is 2.22. The van der Waals surface area contributed by atoms with Crippen LogP contribution in [0, 0.1) is 0 Å². The number of oxime groups is 1. The summed E-state index contributed by atoms with van der Waals surface area (Å²) in [4.78, 5) is 2.92. The van der Waals surface area contributed by atoms with Gasteiger partial charge in [0.15, 0.2) is 0 Å². The number of nitrogens with one attached hydrogen (secondary N) is 1. The summed E-state index contributed by atoms with van der Waals surface area (Å²) in [7, 11) is 0. The molecular weight excluding hydrogens is 247 g/mol. The molecule has 0 saturated heterocycles. The Labute approximate surface area is 102 Å². The smallest absolute Gasteiger partial charge is 0.0755 e. The summed E-state index contributed by atoms with van der Waals surface area (Å²) in [6.07, 6.45) is 4.82. The number of rotatable bonds is 2. The highest BCUT2D eigenvalue weighted by atomic mass is 35.5. The molecular formula is C11H8Cl2N2O. The molecule has 2 N–H and O–H groups in total. The lowest BCUT2D eigenvalue weighted by Crippen LogP contribution is -1.84. The fourth-order valence-electron chi connectivity index (χ4n) is 1.49. The molecule has 0 saturated carbocycles. The van der Waals surface area contributed by atoms with Crippen molar-refractivity contribution in [3.63, 3.8) is 0 Å². The van der Waals surface area contributed by atoms with E-state index in [9.17, 15) is 0 Å². The summed E-state index contributed by atoms with van der Waals surface area (Å²) in [5.41, 5.74) is 2.38. The number of halogens is 2. The van der Waals surface area contributed by atoms with Crippen LogP contribution in [-0.2, 0) is 0 Å². The minimum Gasteiger partial charge on any atom is -0.411 e. The Hall–Kier alpha value is -1.45. The Bertz CT molecular complexity index is 535. The molecule has 0 atom stereocenters. The summed E-state index contributed by atoms with van der Waals surface area (Å²) in [6.45, 7) is 0. The summed E-state index contributed by atoms with van der Waals surface area (Å²) in [6, 6.07) is 5.39. The number of nitrogens with zero attached hydrogens (tertiary/aromatic N) is 1. The minimum atomic E-state index is 0.483. The third-order valence-corrected chi connectivity index (χ3v) is 3.04. The third kappa shape index (κ3) is 1.92. The maximum absolute atomic E-state index is 8.53. The molecule has 3 nitrogen and oxygen atoms in total. The molecule has 0 aliphatic heterocycles. The molecule has 1 aromatic heterocycles. The van der Waals surface area contributed by atoms with Gasteiger partial charge in [-0.1, -0.05) is 40.5 Å². The van der Waals surface area contributed by atoms with E-state index in [4.69, 9.17) is 28.4 Å². The van der Waals surface area contributed by atoms with E-state index in [1.54, 1.807) is 18.5 Å². The molecule has 82 valence electrons. The van der Waals surface area contributed by atoms with Crippen molar-refractivity contribution in [3.8, 4) is 11.1 Å². The van der Waals surface area contributed by atoms with E-state index in [0.29, 0.717) is 10.0 Å². The molecule has 0 aliphatic rings. The summed E-state index contributed by atoms with van der Waals surface area (Å²) in [5.74, 6) is 0. The number of aromatic nitrogens is 1. The van der Waals surface area contributed by atoms with Gasteiger partial charge in [-0.15, -0.1) is 0 Å². The van der Waals surface area contributed by atoms with Gasteiger partial charge in [0.2, 0.25) is 0 Å². The molecule has 0 spiro atoms. The fourth-order valence-corrected chi connectivity index (χ4v) is 1.89. The molecule has 0 radical (unpaired) electrons. The molecule has 0 unspecified atom stereocenters. The number of H-pyrrole nitrogens is 1. The van der Waals surface area contributed by atoms with Crippen LogP contribution in [0.3, 0.4) is 0 Å². The quantitative estimate of drug-likeness (QED) is 0.478. The van der Waals surface area contributed by atoms with Gasteiger partial charge in [0.05, 0.1) is 16.3 Å². The van der Waals surface area contributed by atoms with Gasteiger partial charge >= 0.3 is 0 Å². The minimum absolute atomic E-state index is 0.483. The van der Waals surface area contributed by atoms with Crippen molar-refractivity contribution in [1.82, 2.24) is 4.98 Å². The first-order valence-corrected chi connectivity index (χ1v) is 5.28. The highest BCUT2D eigenvalue weighted by Gasteiger charge is 2.10. The molecule has 0 aliphatic carbocycles. The van der Waals surface area contributed by atoms with E-state index in [1.165, 1.54) is 6.21 Å². The van der Waals surface area contributed by atoms with Crippen molar-refractivity contribution in [2.75, 3.05) is 0 Å². The first kappa shape index (κ1) is 11.0. The fraction of sp³-hybridized carbons (Fsp3) is 0. The van der Waals surface area contributed by atoms with Crippen molar-refractivity contribution in [2.45, 2.75) is 0 Å². The van der Waals surface area contributed by atoms with Gasteiger partial charge in [0, 0.05) is 29.1 Å². The van der Waals surface area contributed by atoms with Crippen LogP contribution in [0.25, 0.3) is 11.1 Å². The van der Waals surface area contributed by atoms with Gasteiger partial charge in [-0.2, -0.15) is 0 Å². The van der Waals surface area contributed by atoms with Gasteiger partial charge < -0.3 is 10.2 Å². The molecule has 2 rings (SSSR count). The molecule has 0 bridgehead atoms. The monoisotopic (exact) mass is 254 g/mol. The predicted octanol–water partition coefficient (Wildman–Crippen LogP) is 3.80. The van der Waals surface area contributed by atoms with E-state index in [1.807, 2.05) is 12.1 Å². The molecule has 0 fully saturated rings.